The van der Waals surface area contributed by atoms with Crippen LogP contribution < -0.4 is 5.73 Å². The maximum atomic E-state index is 5.69. The zero-order valence-corrected chi connectivity index (χ0v) is 9.02. The average Bonchev–Trinajstić information content (AvgIpc) is 2.88. The van der Waals surface area contributed by atoms with E-state index in [-0.39, 0.29) is 0 Å². The molecule has 9 nitrogen and oxygen atoms in total. The molecule has 0 amide bonds. The van der Waals surface area contributed by atoms with Crippen LogP contribution in [0.1, 0.15) is 5.82 Å². The van der Waals surface area contributed by atoms with Crippen LogP contribution in [0.25, 0.3) is 11.2 Å². The third-order valence-corrected chi connectivity index (χ3v) is 2.29. The Kier molecular flexibility index (Phi) is 1.97. The van der Waals surface area contributed by atoms with Crippen LogP contribution in [0.4, 0.5) is 5.82 Å². The van der Waals surface area contributed by atoms with E-state index in [1.54, 1.807) is 17.9 Å². The van der Waals surface area contributed by atoms with E-state index in [9.17, 15) is 0 Å². The molecule has 0 fully saturated rings. The van der Waals surface area contributed by atoms with Crippen LogP contribution in [0.3, 0.4) is 0 Å². The van der Waals surface area contributed by atoms with Gasteiger partial charge >= 0.3 is 0 Å². The summed E-state index contributed by atoms with van der Waals surface area (Å²) in [7, 11) is 1.71. The number of hydrogen-bond donors (Lipinski definition) is 1. The molecular formula is C8H9N9. The van der Waals surface area contributed by atoms with E-state index in [2.05, 4.69) is 30.4 Å². The molecule has 0 unspecified atom stereocenters. The molecule has 0 atom stereocenters. The van der Waals surface area contributed by atoms with Crippen molar-refractivity contribution < 1.29 is 0 Å². The molecule has 0 aliphatic carbocycles. The molecule has 0 bridgehead atoms. The lowest BCUT2D eigenvalue weighted by Crippen LogP contribution is -2.02. The van der Waals surface area contributed by atoms with Gasteiger partial charge in [-0.3, -0.25) is 0 Å². The van der Waals surface area contributed by atoms with Crippen LogP contribution in [-0.4, -0.2) is 39.7 Å². The molecule has 3 aromatic rings. The van der Waals surface area contributed by atoms with Gasteiger partial charge in [0.2, 0.25) is 0 Å². The highest BCUT2D eigenvalue weighted by molar-refractivity contribution is 5.81. The normalized spacial score (nSPS) is 11.1. The van der Waals surface area contributed by atoms with Crippen molar-refractivity contribution >= 4 is 17.0 Å². The first-order valence-electron chi connectivity index (χ1n) is 4.88. The van der Waals surface area contributed by atoms with Gasteiger partial charge in [0.1, 0.15) is 11.8 Å². The fourth-order valence-corrected chi connectivity index (χ4v) is 1.55. The van der Waals surface area contributed by atoms with Gasteiger partial charge < -0.3 is 10.3 Å². The molecule has 0 radical (unpaired) electrons. The van der Waals surface area contributed by atoms with Gasteiger partial charge in [-0.05, 0) is 5.21 Å². The zero-order chi connectivity index (χ0) is 11.8. The Hall–Kier alpha value is -2.58. The van der Waals surface area contributed by atoms with E-state index >= 15 is 0 Å². The van der Waals surface area contributed by atoms with Crippen LogP contribution in [0.2, 0.25) is 0 Å². The maximum Gasteiger partial charge on any atom is 0.194 e. The van der Waals surface area contributed by atoms with Gasteiger partial charge in [0.15, 0.2) is 17.3 Å². The van der Waals surface area contributed by atoms with Gasteiger partial charge in [-0.15, -0.1) is 10.2 Å². The van der Waals surface area contributed by atoms with Crippen LogP contribution in [0.15, 0.2) is 12.7 Å². The van der Waals surface area contributed by atoms with Gasteiger partial charge in [0, 0.05) is 0 Å². The van der Waals surface area contributed by atoms with E-state index in [1.807, 2.05) is 0 Å². The van der Waals surface area contributed by atoms with Crippen molar-refractivity contribution in [2.45, 2.75) is 6.54 Å². The third-order valence-electron chi connectivity index (χ3n) is 2.29. The molecule has 0 spiro atoms. The van der Waals surface area contributed by atoms with Gasteiger partial charge in [0.25, 0.3) is 0 Å². The quantitative estimate of drug-likeness (QED) is 0.600. The maximum absolute atomic E-state index is 5.69. The van der Waals surface area contributed by atoms with E-state index in [0.29, 0.717) is 29.4 Å². The molecule has 0 aliphatic rings. The molecule has 3 heterocycles. The summed E-state index contributed by atoms with van der Waals surface area (Å²) >= 11 is 0. The molecule has 3 aromatic heterocycles. The number of anilines is 1. The number of rotatable bonds is 2. The minimum absolute atomic E-state index is 0.362. The fourth-order valence-electron chi connectivity index (χ4n) is 1.55. The van der Waals surface area contributed by atoms with Gasteiger partial charge in [0.05, 0.1) is 19.9 Å². The summed E-state index contributed by atoms with van der Waals surface area (Å²) in [6.07, 6.45) is 3.03. The summed E-state index contributed by atoms with van der Waals surface area (Å²) < 4.78 is 1.80. The molecule has 2 N–H and O–H groups in total. The Morgan fingerprint density at radius 1 is 1.29 bits per heavy atom. The molecule has 3 rings (SSSR count). The monoisotopic (exact) mass is 231 g/mol. The summed E-state index contributed by atoms with van der Waals surface area (Å²) in [5.41, 5.74) is 6.93. The number of fused-ring (bicyclic) bond motifs is 1. The first-order chi connectivity index (χ1) is 8.24. The third kappa shape index (κ3) is 1.57. The smallest absolute Gasteiger partial charge is 0.194 e. The lowest BCUT2D eigenvalue weighted by molar-refractivity contribution is 0.625. The van der Waals surface area contributed by atoms with Gasteiger partial charge in [-0.1, -0.05) is 0 Å². The summed E-state index contributed by atoms with van der Waals surface area (Å²) in [5, 5.41) is 11.7. The molecule has 0 aromatic carbocycles. The number of nitrogen functional groups attached to an aromatic ring is 1. The predicted octanol–water partition coefficient (Wildman–Crippen LogP) is -1.02. The molecular weight excluding hydrogens is 222 g/mol. The number of nitrogens with zero attached hydrogens (tertiary/aromatic N) is 8. The minimum Gasteiger partial charge on any atom is -0.382 e. The topological polar surface area (TPSA) is 113 Å². The Bertz CT molecular complexity index is 666. The van der Waals surface area contributed by atoms with Crippen molar-refractivity contribution in [2.75, 3.05) is 5.73 Å². The number of nitrogens with two attached hydrogens (primary N) is 1. The number of tetrazole rings is 1. The van der Waals surface area contributed by atoms with Crippen LogP contribution >= 0.6 is 0 Å². The summed E-state index contributed by atoms with van der Waals surface area (Å²) in [4.78, 5) is 13.6. The predicted molar refractivity (Wildman–Crippen MR) is 57.6 cm³/mol. The second-order valence-electron chi connectivity index (χ2n) is 3.50. The average molecular weight is 231 g/mol. The lowest BCUT2D eigenvalue weighted by atomic mass is 10.5. The van der Waals surface area contributed by atoms with Crippen molar-refractivity contribution in [3.63, 3.8) is 0 Å². The molecule has 0 saturated heterocycles. The molecule has 9 heteroatoms. The molecule has 0 saturated carbocycles. The number of aromatic nitrogens is 8. The van der Waals surface area contributed by atoms with Crippen LogP contribution in [0.5, 0.6) is 0 Å². The summed E-state index contributed by atoms with van der Waals surface area (Å²) in [6, 6.07) is 0. The Labute approximate surface area is 95.3 Å². The minimum atomic E-state index is 0.362. The van der Waals surface area contributed by atoms with Gasteiger partial charge in [-0.2, -0.15) is 4.80 Å². The van der Waals surface area contributed by atoms with Crippen molar-refractivity contribution in [2.24, 2.45) is 7.05 Å². The SMILES string of the molecule is Cn1nnc(Cn2cnc3c(N)ncnc32)n1. The van der Waals surface area contributed by atoms with E-state index < -0.39 is 0 Å². The van der Waals surface area contributed by atoms with Crippen molar-refractivity contribution in [1.82, 2.24) is 39.7 Å². The number of imidazole rings is 1. The lowest BCUT2D eigenvalue weighted by Gasteiger charge is -1.98. The largest absolute Gasteiger partial charge is 0.382 e. The Balaban J connectivity index is 2.04. The fraction of sp³-hybridized carbons (Fsp3) is 0.250. The highest BCUT2D eigenvalue weighted by Crippen LogP contribution is 2.14. The van der Waals surface area contributed by atoms with Crippen molar-refractivity contribution in [3.05, 3.63) is 18.5 Å². The van der Waals surface area contributed by atoms with Gasteiger partial charge in [-0.25, -0.2) is 15.0 Å². The highest BCUT2D eigenvalue weighted by atomic mass is 15.6. The second-order valence-corrected chi connectivity index (χ2v) is 3.50. The van der Waals surface area contributed by atoms with Crippen LogP contribution in [0, 0.1) is 0 Å². The summed E-state index contributed by atoms with van der Waals surface area (Å²) in [6.45, 7) is 0.445. The van der Waals surface area contributed by atoms with E-state index in [1.165, 1.54) is 11.1 Å². The van der Waals surface area contributed by atoms with Crippen molar-refractivity contribution in [1.29, 1.82) is 0 Å². The first kappa shape index (κ1) is 9.63. The number of aryl methyl sites for hydroxylation is 1. The molecule has 86 valence electrons. The van der Waals surface area contributed by atoms with E-state index in [4.69, 9.17) is 5.73 Å². The highest BCUT2D eigenvalue weighted by Gasteiger charge is 2.09. The van der Waals surface area contributed by atoms with Crippen molar-refractivity contribution in [3.8, 4) is 0 Å². The Morgan fingerprint density at radius 2 is 2.18 bits per heavy atom. The standard InChI is InChI=1S/C8H9N9/c1-16-14-5(13-15-16)2-17-4-12-6-7(9)10-3-11-8(6)17/h3-4H,2H2,1H3,(H2,9,10,11). The Morgan fingerprint density at radius 3 is 2.94 bits per heavy atom. The number of hydrogen-bond acceptors (Lipinski definition) is 7. The molecule has 0 aliphatic heterocycles. The van der Waals surface area contributed by atoms with E-state index in [0.717, 1.165) is 0 Å². The molecule has 17 heavy (non-hydrogen) atoms. The zero-order valence-electron chi connectivity index (χ0n) is 9.02. The second kappa shape index (κ2) is 3.47. The summed E-state index contributed by atoms with van der Waals surface area (Å²) in [5.74, 6) is 0.949. The first-order valence-corrected chi connectivity index (χ1v) is 4.88. The van der Waals surface area contributed by atoms with Crippen LogP contribution in [-0.2, 0) is 13.6 Å².